The molecule has 1 saturated heterocycles. The molecule has 116 valence electrons. The average molecular weight is 293 g/mol. The molecule has 6 heteroatoms. The first-order valence-corrected chi connectivity index (χ1v) is 7.43. The van der Waals surface area contributed by atoms with E-state index in [0.29, 0.717) is 18.9 Å². The fraction of sp³-hybridized carbons (Fsp3) is 0.600. The van der Waals surface area contributed by atoms with Crippen LogP contribution in [0, 0.1) is 5.92 Å². The zero-order chi connectivity index (χ0) is 15.2. The Bertz CT molecular complexity index is 471. The molecule has 2 amide bonds. The maximum absolute atomic E-state index is 12.1. The van der Waals surface area contributed by atoms with Gasteiger partial charge in [0.15, 0.2) is 5.76 Å². The Kier molecular flexibility index (Phi) is 5.38. The molecule has 21 heavy (non-hydrogen) atoms. The summed E-state index contributed by atoms with van der Waals surface area (Å²) in [5.41, 5.74) is 5.92. The third-order valence-corrected chi connectivity index (χ3v) is 3.92. The van der Waals surface area contributed by atoms with Crippen LogP contribution in [0.5, 0.6) is 0 Å². The van der Waals surface area contributed by atoms with E-state index >= 15 is 0 Å². The highest BCUT2D eigenvalue weighted by Crippen LogP contribution is 2.19. The third kappa shape index (κ3) is 4.32. The molecule has 6 nitrogen and oxygen atoms in total. The summed E-state index contributed by atoms with van der Waals surface area (Å²) in [5, 5.41) is 2.68. The molecule has 2 rings (SSSR count). The standard InChI is InChI=1S/C15H23N3O3/c1-11(16)12-4-2-8-18(10-12)14(19)6-7-17-15(20)13-5-3-9-21-13/h3,5,9,11-12H,2,4,6-8,10,16H2,1H3,(H,17,20). The van der Waals surface area contributed by atoms with Crippen LogP contribution in [0.4, 0.5) is 0 Å². The van der Waals surface area contributed by atoms with Crippen LogP contribution >= 0.6 is 0 Å². The number of nitrogens with one attached hydrogen (secondary N) is 1. The summed E-state index contributed by atoms with van der Waals surface area (Å²) >= 11 is 0. The second-order valence-electron chi connectivity index (χ2n) is 5.58. The molecule has 0 saturated carbocycles. The van der Waals surface area contributed by atoms with Crippen LogP contribution < -0.4 is 11.1 Å². The van der Waals surface area contributed by atoms with Crippen molar-refractivity contribution >= 4 is 11.8 Å². The Balaban J connectivity index is 1.73. The number of rotatable bonds is 5. The van der Waals surface area contributed by atoms with Gasteiger partial charge in [0.05, 0.1) is 6.26 Å². The lowest BCUT2D eigenvalue weighted by Gasteiger charge is -2.34. The van der Waals surface area contributed by atoms with E-state index in [9.17, 15) is 9.59 Å². The molecular formula is C15H23N3O3. The zero-order valence-corrected chi connectivity index (χ0v) is 12.4. The van der Waals surface area contributed by atoms with E-state index in [4.69, 9.17) is 10.2 Å². The summed E-state index contributed by atoms with van der Waals surface area (Å²) in [7, 11) is 0. The normalized spacial score (nSPS) is 20.1. The summed E-state index contributed by atoms with van der Waals surface area (Å²) in [6, 6.07) is 3.36. The van der Waals surface area contributed by atoms with Gasteiger partial charge in [-0.25, -0.2) is 0 Å². The summed E-state index contributed by atoms with van der Waals surface area (Å²) in [4.78, 5) is 25.7. The van der Waals surface area contributed by atoms with E-state index in [-0.39, 0.29) is 23.6 Å². The molecule has 1 aromatic rings. The molecule has 3 N–H and O–H groups in total. The van der Waals surface area contributed by atoms with Crippen molar-refractivity contribution in [2.24, 2.45) is 11.7 Å². The molecule has 0 aliphatic carbocycles. The van der Waals surface area contributed by atoms with Crippen molar-refractivity contribution in [1.29, 1.82) is 0 Å². The van der Waals surface area contributed by atoms with Crippen LogP contribution in [0.1, 0.15) is 36.7 Å². The summed E-state index contributed by atoms with van der Waals surface area (Å²) in [6.07, 6.45) is 3.83. The topological polar surface area (TPSA) is 88.6 Å². The smallest absolute Gasteiger partial charge is 0.286 e. The molecule has 0 spiro atoms. The van der Waals surface area contributed by atoms with Crippen molar-refractivity contribution in [3.63, 3.8) is 0 Å². The molecule has 2 heterocycles. The minimum Gasteiger partial charge on any atom is -0.459 e. The fourth-order valence-corrected chi connectivity index (χ4v) is 2.60. The zero-order valence-electron chi connectivity index (χ0n) is 12.4. The van der Waals surface area contributed by atoms with Crippen LogP contribution in [-0.4, -0.2) is 42.4 Å². The third-order valence-electron chi connectivity index (χ3n) is 3.92. The highest BCUT2D eigenvalue weighted by Gasteiger charge is 2.25. The number of likely N-dealkylation sites (tertiary alicyclic amines) is 1. The van der Waals surface area contributed by atoms with Gasteiger partial charge in [-0.1, -0.05) is 0 Å². The van der Waals surface area contributed by atoms with Gasteiger partial charge < -0.3 is 20.4 Å². The number of hydrogen-bond donors (Lipinski definition) is 2. The molecule has 1 aliphatic rings. The number of hydrogen-bond acceptors (Lipinski definition) is 4. The molecular weight excluding hydrogens is 270 g/mol. The first-order chi connectivity index (χ1) is 10.1. The van der Waals surface area contributed by atoms with Gasteiger partial charge in [-0.3, -0.25) is 9.59 Å². The van der Waals surface area contributed by atoms with Gasteiger partial charge in [-0.15, -0.1) is 0 Å². The lowest BCUT2D eigenvalue weighted by atomic mass is 9.92. The number of nitrogens with zero attached hydrogens (tertiary/aromatic N) is 1. The number of piperidine rings is 1. The second-order valence-corrected chi connectivity index (χ2v) is 5.58. The molecule has 0 aromatic carbocycles. The minimum atomic E-state index is -0.292. The van der Waals surface area contributed by atoms with Crippen LogP contribution in [0.25, 0.3) is 0 Å². The van der Waals surface area contributed by atoms with E-state index in [1.165, 1.54) is 6.26 Å². The first kappa shape index (κ1) is 15.6. The molecule has 0 bridgehead atoms. The van der Waals surface area contributed by atoms with E-state index in [2.05, 4.69) is 5.32 Å². The van der Waals surface area contributed by atoms with Crippen LogP contribution in [-0.2, 0) is 4.79 Å². The Labute approximate surface area is 124 Å². The summed E-state index contributed by atoms with van der Waals surface area (Å²) in [6.45, 7) is 3.82. The molecule has 0 radical (unpaired) electrons. The average Bonchev–Trinajstić information content (AvgIpc) is 3.01. The Morgan fingerprint density at radius 2 is 2.38 bits per heavy atom. The molecule has 1 aliphatic heterocycles. The van der Waals surface area contributed by atoms with Crippen molar-refractivity contribution in [2.45, 2.75) is 32.2 Å². The van der Waals surface area contributed by atoms with Gasteiger partial charge in [-0.2, -0.15) is 0 Å². The quantitative estimate of drug-likeness (QED) is 0.847. The monoisotopic (exact) mass is 293 g/mol. The Morgan fingerprint density at radius 3 is 3.05 bits per heavy atom. The highest BCUT2D eigenvalue weighted by molar-refractivity contribution is 5.91. The van der Waals surface area contributed by atoms with Crippen molar-refractivity contribution in [3.05, 3.63) is 24.2 Å². The van der Waals surface area contributed by atoms with Crippen LogP contribution in [0.3, 0.4) is 0 Å². The maximum Gasteiger partial charge on any atom is 0.286 e. The largest absolute Gasteiger partial charge is 0.459 e. The van der Waals surface area contributed by atoms with Gasteiger partial charge >= 0.3 is 0 Å². The van der Waals surface area contributed by atoms with Gasteiger partial charge in [0.25, 0.3) is 5.91 Å². The van der Waals surface area contributed by atoms with E-state index < -0.39 is 0 Å². The predicted octanol–water partition coefficient (Wildman–Crippen LogP) is 0.985. The van der Waals surface area contributed by atoms with Crippen LogP contribution in [0.2, 0.25) is 0 Å². The lowest BCUT2D eigenvalue weighted by molar-refractivity contribution is -0.132. The number of nitrogens with two attached hydrogens (primary N) is 1. The SMILES string of the molecule is CC(N)C1CCCN(C(=O)CCNC(=O)c2ccco2)C1. The number of carbonyl (C=O) groups is 2. The van der Waals surface area contributed by atoms with Crippen molar-refractivity contribution in [1.82, 2.24) is 10.2 Å². The van der Waals surface area contributed by atoms with Gasteiger partial charge in [0, 0.05) is 32.1 Å². The molecule has 1 aromatic heterocycles. The molecule has 2 atom stereocenters. The summed E-state index contributed by atoms with van der Waals surface area (Å²) < 4.78 is 4.99. The van der Waals surface area contributed by atoms with Crippen molar-refractivity contribution in [2.75, 3.05) is 19.6 Å². The van der Waals surface area contributed by atoms with Gasteiger partial charge in [0.1, 0.15) is 0 Å². The first-order valence-electron chi connectivity index (χ1n) is 7.43. The predicted molar refractivity (Wildman–Crippen MR) is 78.6 cm³/mol. The minimum absolute atomic E-state index is 0.0695. The van der Waals surface area contributed by atoms with E-state index in [1.54, 1.807) is 12.1 Å². The van der Waals surface area contributed by atoms with E-state index in [0.717, 1.165) is 25.9 Å². The van der Waals surface area contributed by atoms with E-state index in [1.807, 2.05) is 11.8 Å². The lowest BCUT2D eigenvalue weighted by Crippen LogP contribution is -2.45. The second kappa shape index (κ2) is 7.26. The molecule has 2 unspecified atom stereocenters. The maximum atomic E-state index is 12.1. The van der Waals surface area contributed by atoms with Crippen molar-refractivity contribution in [3.8, 4) is 0 Å². The van der Waals surface area contributed by atoms with Crippen LogP contribution in [0.15, 0.2) is 22.8 Å². The Morgan fingerprint density at radius 1 is 1.57 bits per heavy atom. The molecule has 1 fully saturated rings. The Hall–Kier alpha value is -1.82. The summed E-state index contributed by atoms with van der Waals surface area (Å²) in [5.74, 6) is 0.415. The van der Waals surface area contributed by atoms with Gasteiger partial charge in [-0.05, 0) is 37.8 Å². The van der Waals surface area contributed by atoms with Crippen molar-refractivity contribution < 1.29 is 14.0 Å². The fourth-order valence-electron chi connectivity index (χ4n) is 2.60. The van der Waals surface area contributed by atoms with Gasteiger partial charge in [0.2, 0.25) is 5.91 Å². The number of carbonyl (C=O) groups excluding carboxylic acids is 2. The highest BCUT2D eigenvalue weighted by atomic mass is 16.3. The number of furan rings is 1. The number of amides is 2.